The fraction of sp³-hybridized carbons (Fsp3) is 0.500. The number of amides is 1. The number of rotatable bonds is 6. The monoisotopic (exact) mass is 290 g/mol. The van der Waals surface area contributed by atoms with Crippen molar-refractivity contribution < 1.29 is 14.6 Å². The van der Waals surface area contributed by atoms with E-state index in [-0.39, 0.29) is 18.6 Å². The molecule has 1 amide bonds. The number of aliphatic hydroxyl groups is 1. The Labute approximate surface area is 125 Å². The van der Waals surface area contributed by atoms with Crippen LogP contribution in [0.3, 0.4) is 0 Å². The average Bonchev–Trinajstić information content (AvgIpc) is 2.52. The quantitative estimate of drug-likeness (QED) is 0.803. The molecule has 0 saturated heterocycles. The van der Waals surface area contributed by atoms with Gasteiger partial charge in [0.05, 0.1) is 17.7 Å². The molecular formula is C16H22N2O3. The van der Waals surface area contributed by atoms with Gasteiger partial charge in [-0.1, -0.05) is 18.8 Å². The lowest BCUT2D eigenvalue weighted by Gasteiger charge is -2.28. The van der Waals surface area contributed by atoms with E-state index in [9.17, 15) is 4.79 Å². The van der Waals surface area contributed by atoms with Gasteiger partial charge in [-0.3, -0.25) is 9.78 Å². The fourth-order valence-corrected chi connectivity index (χ4v) is 1.90. The van der Waals surface area contributed by atoms with Crippen molar-refractivity contribution in [2.75, 3.05) is 26.9 Å². The van der Waals surface area contributed by atoms with Crippen molar-refractivity contribution in [3.8, 4) is 11.8 Å². The Kier molecular flexibility index (Phi) is 7.44. The highest BCUT2D eigenvalue weighted by molar-refractivity contribution is 5.96. The van der Waals surface area contributed by atoms with Gasteiger partial charge in [-0.2, -0.15) is 0 Å². The molecule has 21 heavy (non-hydrogen) atoms. The summed E-state index contributed by atoms with van der Waals surface area (Å²) in [5.74, 6) is 5.23. The van der Waals surface area contributed by atoms with E-state index in [4.69, 9.17) is 9.84 Å². The zero-order chi connectivity index (χ0) is 15.7. The van der Waals surface area contributed by atoms with Crippen molar-refractivity contribution in [1.82, 2.24) is 9.88 Å². The van der Waals surface area contributed by atoms with Crippen LogP contribution in [-0.2, 0) is 4.74 Å². The Morgan fingerprint density at radius 2 is 2.33 bits per heavy atom. The molecule has 0 aliphatic rings. The van der Waals surface area contributed by atoms with Crippen LogP contribution in [0.2, 0.25) is 0 Å². The van der Waals surface area contributed by atoms with Gasteiger partial charge in [0.15, 0.2) is 0 Å². The zero-order valence-corrected chi connectivity index (χ0v) is 12.8. The zero-order valence-electron chi connectivity index (χ0n) is 12.8. The number of carbonyl (C=O) groups is 1. The lowest BCUT2D eigenvalue weighted by Crippen LogP contribution is -2.40. The molecule has 0 fully saturated rings. The number of aliphatic hydroxyl groups excluding tert-OH is 1. The summed E-state index contributed by atoms with van der Waals surface area (Å²) in [5, 5.41) is 8.80. The molecule has 5 nitrogen and oxygen atoms in total. The highest BCUT2D eigenvalue weighted by Crippen LogP contribution is 2.13. The van der Waals surface area contributed by atoms with E-state index in [0.29, 0.717) is 24.3 Å². The van der Waals surface area contributed by atoms with E-state index in [1.54, 1.807) is 30.5 Å². The minimum atomic E-state index is -0.249. The molecule has 0 radical (unpaired) electrons. The number of ether oxygens (including phenoxy) is 1. The topological polar surface area (TPSA) is 62.7 Å². The van der Waals surface area contributed by atoms with Crippen molar-refractivity contribution >= 4 is 5.91 Å². The standard InChI is InChI=1S/C16H22N2O3/c1-4-13(2)18(9-11-21-3)16(20)15-7-8-17-12-14(15)6-5-10-19/h7-8,12-13,19H,4,9-11H2,1-3H3. The number of hydrogen-bond donors (Lipinski definition) is 1. The number of aromatic nitrogens is 1. The average molecular weight is 290 g/mol. The predicted molar refractivity (Wildman–Crippen MR) is 80.9 cm³/mol. The molecule has 0 aliphatic heterocycles. The van der Waals surface area contributed by atoms with Crippen molar-refractivity contribution in [2.24, 2.45) is 0 Å². The number of nitrogens with zero attached hydrogens (tertiary/aromatic N) is 2. The number of hydrogen-bond acceptors (Lipinski definition) is 4. The van der Waals surface area contributed by atoms with E-state index in [1.807, 2.05) is 13.8 Å². The summed E-state index contributed by atoms with van der Waals surface area (Å²) in [6.07, 6.45) is 3.97. The van der Waals surface area contributed by atoms with Crippen LogP contribution < -0.4 is 0 Å². The molecule has 1 unspecified atom stereocenters. The lowest BCUT2D eigenvalue weighted by atomic mass is 10.1. The second kappa shape index (κ2) is 9.11. The van der Waals surface area contributed by atoms with Crippen LogP contribution in [0.25, 0.3) is 0 Å². The molecule has 1 rings (SSSR count). The predicted octanol–water partition coefficient (Wildman–Crippen LogP) is 1.31. The smallest absolute Gasteiger partial charge is 0.255 e. The number of carbonyl (C=O) groups excluding carboxylic acids is 1. The van der Waals surface area contributed by atoms with Gasteiger partial charge in [0.1, 0.15) is 6.61 Å². The van der Waals surface area contributed by atoms with Crippen LogP contribution in [0.15, 0.2) is 18.5 Å². The first-order chi connectivity index (χ1) is 10.2. The maximum Gasteiger partial charge on any atom is 0.255 e. The van der Waals surface area contributed by atoms with Gasteiger partial charge in [0.2, 0.25) is 0 Å². The SMILES string of the molecule is CCC(C)N(CCOC)C(=O)c1ccncc1C#CCO. The minimum absolute atomic E-state index is 0.0916. The van der Waals surface area contributed by atoms with Crippen molar-refractivity contribution in [2.45, 2.75) is 26.3 Å². The Balaban J connectivity index is 3.08. The third kappa shape index (κ3) is 4.85. The molecule has 1 aromatic heterocycles. The highest BCUT2D eigenvalue weighted by Gasteiger charge is 2.22. The van der Waals surface area contributed by atoms with Crippen molar-refractivity contribution in [3.63, 3.8) is 0 Å². The number of pyridine rings is 1. The molecular weight excluding hydrogens is 268 g/mol. The molecule has 5 heteroatoms. The number of methoxy groups -OCH3 is 1. The Hall–Kier alpha value is -1.90. The molecule has 1 atom stereocenters. The molecule has 1 aromatic rings. The molecule has 0 bridgehead atoms. The molecule has 0 saturated carbocycles. The van der Waals surface area contributed by atoms with Crippen LogP contribution in [0.1, 0.15) is 36.2 Å². The van der Waals surface area contributed by atoms with E-state index in [0.717, 1.165) is 6.42 Å². The van der Waals surface area contributed by atoms with E-state index in [1.165, 1.54) is 0 Å². The summed E-state index contributed by atoms with van der Waals surface area (Å²) in [6.45, 7) is 4.81. The van der Waals surface area contributed by atoms with Crippen LogP contribution in [0.4, 0.5) is 0 Å². The van der Waals surface area contributed by atoms with Crippen LogP contribution in [0.5, 0.6) is 0 Å². The molecule has 0 aromatic carbocycles. The minimum Gasteiger partial charge on any atom is -0.384 e. The van der Waals surface area contributed by atoms with E-state index >= 15 is 0 Å². The first-order valence-electron chi connectivity index (χ1n) is 6.99. The van der Waals surface area contributed by atoms with Crippen LogP contribution >= 0.6 is 0 Å². The fourth-order valence-electron chi connectivity index (χ4n) is 1.90. The van der Waals surface area contributed by atoms with Crippen molar-refractivity contribution in [3.05, 3.63) is 29.6 Å². The van der Waals surface area contributed by atoms with Crippen molar-refractivity contribution in [1.29, 1.82) is 0 Å². The Bertz CT molecular complexity index is 520. The first kappa shape index (κ1) is 17.2. The summed E-state index contributed by atoms with van der Waals surface area (Å²) < 4.78 is 5.08. The Morgan fingerprint density at radius 3 is 2.95 bits per heavy atom. The van der Waals surface area contributed by atoms with Crippen LogP contribution in [-0.4, -0.2) is 53.8 Å². The summed E-state index contributed by atoms with van der Waals surface area (Å²) in [4.78, 5) is 18.5. The molecule has 1 heterocycles. The Morgan fingerprint density at radius 1 is 1.57 bits per heavy atom. The summed E-state index contributed by atoms with van der Waals surface area (Å²) >= 11 is 0. The van der Waals surface area contributed by atoms with Gasteiger partial charge >= 0.3 is 0 Å². The van der Waals surface area contributed by atoms with Gasteiger partial charge in [-0.05, 0) is 19.4 Å². The van der Waals surface area contributed by atoms with Gasteiger partial charge in [0, 0.05) is 32.1 Å². The normalized spacial score (nSPS) is 11.4. The van der Waals surface area contributed by atoms with Gasteiger partial charge in [-0.15, -0.1) is 0 Å². The third-order valence-electron chi connectivity index (χ3n) is 3.27. The largest absolute Gasteiger partial charge is 0.384 e. The second-order valence-electron chi connectivity index (χ2n) is 4.63. The summed E-state index contributed by atoms with van der Waals surface area (Å²) in [7, 11) is 1.61. The second-order valence-corrected chi connectivity index (χ2v) is 4.63. The molecule has 114 valence electrons. The highest BCUT2D eigenvalue weighted by atomic mass is 16.5. The molecule has 1 N–H and O–H groups in total. The lowest BCUT2D eigenvalue weighted by molar-refractivity contribution is 0.0613. The van der Waals surface area contributed by atoms with Gasteiger partial charge in [-0.25, -0.2) is 0 Å². The molecule has 0 aliphatic carbocycles. The maximum absolute atomic E-state index is 12.7. The third-order valence-corrected chi connectivity index (χ3v) is 3.27. The molecule has 0 spiro atoms. The van der Waals surface area contributed by atoms with Crippen LogP contribution in [0, 0.1) is 11.8 Å². The first-order valence-corrected chi connectivity index (χ1v) is 6.99. The van der Waals surface area contributed by atoms with Gasteiger partial charge in [0.25, 0.3) is 5.91 Å². The maximum atomic E-state index is 12.7. The van der Waals surface area contributed by atoms with Gasteiger partial charge < -0.3 is 14.7 Å². The summed E-state index contributed by atoms with van der Waals surface area (Å²) in [6, 6.07) is 1.77. The van der Waals surface area contributed by atoms with E-state index < -0.39 is 0 Å². The van der Waals surface area contributed by atoms with E-state index in [2.05, 4.69) is 16.8 Å². The summed E-state index contributed by atoms with van der Waals surface area (Å²) in [5.41, 5.74) is 1.03.